The van der Waals surface area contributed by atoms with Crippen molar-refractivity contribution in [1.82, 2.24) is 9.97 Å². The molecule has 2 atom stereocenters. The van der Waals surface area contributed by atoms with E-state index in [9.17, 15) is 34.4 Å². The van der Waals surface area contributed by atoms with E-state index in [1.807, 2.05) is 0 Å². The molecular weight excluding hydrogens is 494 g/mol. The minimum absolute atomic E-state index is 0. The monoisotopic (exact) mass is 510 g/mol. The predicted octanol–water partition coefficient (Wildman–Crippen LogP) is -6.13. The number of anilines is 2. The number of aromatic nitrogens is 2. The Morgan fingerprint density at radius 1 is 0.839 bits per heavy atom. The normalized spacial score (nSPS) is 13.8. The predicted molar refractivity (Wildman–Crippen MR) is 100 cm³/mol. The summed E-state index contributed by atoms with van der Waals surface area (Å²) in [7, 11) is -14.1. The van der Waals surface area contributed by atoms with Gasteiger partial charge in [-0.05, 0) is 44.2 Å². The maximum absolute atomic E-state index is 12.4. The molecule has 1 aromatic carbocycles. The van der Waals surface area contributed by atoms with E-state index in [1.54, 1.807) is 0 Å². The molecule has 2 unspecified atom stereocenters. The van der Waals surface area contributed by atoms with Crippen LogP contribution in [-0.2, 0) is 30.3 Å². The number of rotatable bonds is 8. The average molecular weight is 510 g/mol. The molecule has 1 N–H and O–H groups in total. The van der Waals surface area contributed by atoms with E-state index >= 15 is 0 Å². The number of hydrogen-bond acceptors (Lipinski definition) is 11. The van der Waals surface area contributed by atoms with Gasteiger partial charge in [0, 0.05) is 18.1 Å². The van der Waals surface area contributed by atoms with Gasteiger partial charge < -0.3 is 14.0 Å². The second-order valence-corrected chi connectivity index (χ2v) is 10.8. The van der Waals surface area contributed by atoms with Crippen molar-refractivity contribution < 1.29 is 93.5 Å². The molecule has 0 aliphatic rings. The molecule has 0 saturated heterocycles. The quantitative estimate of drug-likeness (QED) is 0.263. The molecule has 0 aliphatic carbocycles. The summed E-state index contributed by atoms with van der Waals surface area (Å²) in [6.45, 7) is 1.84. The van der Waals surface area contributed by atoms with E-state index in [0.29, 0.717) is 4.90 Å². The molecule has 0 fully saturated rings. The van der Waals surface area contributed by atoms with Gasteiger partial charge in [0.2, 0.25) is 5.95 Å². The van der Waals surface area contributed by atoms with Crippen LogP contribution >= 0.6 is 0 Å². The Morgan fingerprint density at radius 2 is 1.26 bits per heavy atom. The zero-order valence-corrected chi connectivity index (χ0v) is 23.5. The van der Waals surface area contributed by atoms with Crippen molar-refractivity contribution in [3.05, 3.63) is 42.7 Å². The van der Waals surface area contributed by atoms with Crippen LogP contribution in [0.15, 0.2) is 47.6 Å². The largest absolute Gasteiger partial charge is 1.00 e. The fourth-order valence-corrected chi connectivity index (χ4v) is 4.52. The fourth-order valence-electron chi connectivity index (χ4n) is 2.32. The van der Waals surface area contributed by atoms with Crippen molar-refractivity contribution >= 4 is 41.9 Å². The number of nitrogens with one attached hydrogen (secondary N) is 1. The second kappa shape index (κ2) is 11.7. The zero-order valence-electron chi connectivity index (χ0n) is 17.0. The summed E-state index contributed by atoms with van der Waals surface area (Å²) >= 11 is 0. The Kier molecular flexibility index (Phi) is 11.6. The van der Waals surface area contributed by atoms with Crippen LogP contribution in [0.2, 0.25) is 0 Å². The third kappa shape index (κ3) is 8.19. The molecule has 1 heterocycles. The molecule has 0 radical (unpaired) electrons. The number of sulfonamides is 1. The average Bonchev–Trinajstić information content (AvgIpc) is 2.61. The van der Waals surface area contributed by atoms with E-state index < -0.39 is 41.0 Å². The van der Waals surface area contributed by atoms with E-state index in [-0.39, 0.29) is 75.6 Å². The molecule has 0 saturated carbocycles. The van der Waals surface area contributed by atoms with Gasteiger partial charge in [0.15, 0.2) is 0 Å². The van der Waals surface area contributed by atoms with Gasteiger partial charge >= 0.3 is 59.1 Å². The van der Waals surface area contributed by atoms with Gasteiger partial charge in [-0.2, -0.15) is 0 Å². The number of benzene rings is 1. The molecule has 1 aromatic heterocycles. The SMILES string of the molecule is CC(N(c1ccc(S(=O)(=O)Nc2ncccn2)cc1)C(C)S(=O)(=O)[O-])S(=O)(=O)[O-].[Na+].[Na+]. The van der Waals surface area contributed by atoms with Crippen molar-refractivity contribution in [2.24, 2.45) is 0 Å². The van der Waals surface area contributed by atoms with Crippen LogP contribution in [0.1, 0.15) is 13.8 Å². The molecule has 160 valence electrons. The molecule has 0 amide bonds. The van der Waals surface area contributed by atoms with E-state index in [1.165, 1.54) is 18.5 Å². The summed E-state index contributed by atoms with van der Waals surface area (Å²) < 4.78 is 95.2. The molecule has 0 spiro atoms. The number of hydrogen-bond donors (Lipinski definition) is 1. The molecule has 0 aliphatic heterocycles. The molecule has 0 bridgehead atoms. The summed E-state index contributed by atoms with van der Waals surface area (Å²) in [4.78, 5) is 7.76. The fraction of sp³-hybridized carbons (Fsp3) is 0.286. The second-order valence-electron chi connectivity index (χ2n) is 5.76. The first-order chi connectivity index (χ1) is 13.2. The van der Waals surface area contributed by atoms with Gasteiger partial charge in [-0.15, -0.1) is 0 Å². The van der Waals surface area contributed by atoms with Crippen LogP contribution < -0.4 is 68.7 Å². The molecule has 2 rings (SSSR count). The zero-order chi connectivity index (χ0) is 22.0. The van der Waals surface area contributed by atoms with Crippen molar-refractivity contribution in [2.45, 2.75) is 29.5 Å². The van der Waals surface area contributed by atoms with Crippen molar-refractivity contribution in [3.63, 3.8) is 0 Å². The van der Waals surface area contributed by atoms with Crippen LogP contribution in [0.5, 0.6) is 0 Å². The summed E-state index contributed by atoms with van der Waals surface area (Å²) in [5.74, 6) is -0.185. The van der Waals surface area contributed by atoms with Crippen LogP contribution in [-0.4, -0.2) is 55.1 Å². The summed E-state index contributed by atoms with van der Waals surface area (Å²) in [6, 6.07) is 5.72. The van der Waals surface area contributed by atoms with Gasteiger partial charge in [-0.1, -0.05) is 0 Å². The van der Waals surface area contributed by atoms with Crippen molar-refractivity contribution in [2.75, 3.05) is 9.62 Å². The standard InChI is InChI=1S/C14H18N4O8S3.2Na/c1-10(28(21,22)23)18(11(2)29(24,25)26)12-4-6-13(7-5-12)27(19,20)17-14-15-8-3-9-16-14;;/h3-11H,1-2H3,(H,15,16,17)(H,21,22,23)(H,24,25,26);;/q;2*+1/p-2. The van der Waals surface area contributed by atoms with E-state index in [4.69, 9.17) is 0 Å². The summed E-state index contributed by atoms with van der Waals surface area (Å²) in [6.07, 6.45) is 2.64. The topological polar surface area (TPSA) is 190 Å². The van der Waals surface area contributed by atoms with Gasteiger partial charge in [-0.25, -0.2) is 39.9 Å². The van der Waals surface area contributed by atoms with Crippen molar-refractivity contribution in [3.8, 4) is 0 Å². The Balaban J connectivity index is 0.00000450. The first-order valence-corrected chi connectivity index (χ1v) is 12.2. The molecule has 17 heteroatoms. The minimum Gasteiger partial charge on any atom is -0.746 e. The number of nitrogens with zero attached hydrogens (tertiary/aromatic N) is 3. The summed E-state index contributed by atoms with van der Waals surface area (Å²) in [5, 5.41) is -3.81. The van der Waals surface area contributed by atoms with Gasteiger partial charge in [0.25, 0.3) is 10.0 Å². The van der Waals surface area contributed by atoms with Gasteiger partial charge in [0.05, 0.1) is 4.90 Å². The van der Waals surface area contributed by atoms with Crippen molar-refractivity contribution in [1.29, 1.82) is 0 Å². The Labute approximate surface area is 225 Å². The Morgan fingerprint density at radius 3 is 1.65 bits per heavy atom. The van der Waals surface area contributed by atoms with Crippen LogP contribution in [0, 0.1) is 0 Å². The van der Waals surface area contributed by atoms with Crippen LogP contribution in [0.4, 0.5) is 11.6 Å². The Hall–Kier alpha value is -0.330. The maximum atomic E-state index is 12.4. The van der Waals surface area contributed by atoms with Gasteiger partial charge in [0.1, 0.15) is 31.0 Å². The molecule has 31 heavy (non-hydrogen) atoms. The maximum Gasteiger partial charge on any atom is 1.00 e. The summed E-state index contributed by atoms with van der Waals surface area (Å²) in [5.41, 5.74) is -0.154. The third-order valence-electron chi connectivity index (χ3n) is 3.86. The van der Waals surface area contributed by atoms with Crippen LogP contribution in [0.3, 0.4) is 0 Å². The molecule has 12 nitrogen and oxygen atoms in total. The molecular formula is C14H16N4Na2O8S3. The first kappa shape index (κ1) is 30.7. The molecule has 2 aromatic rings. The third-order valence-corrected chi connectivity index (χ3v) is 7.33. The van der Waals surface area contributed by atoms with E-state index in [0.717, 1.165) is 38.1 Å². The van der Waals surface area contributed by atoms with E-state index in [2.05, 4.69) is 14.7 Å². The van der Waals surface area contributed by atoms with Gasteiger partial charge in [-0.3, -0.25) is 0 Å². The minimum atomic E-state index is -5.01. The van der Waals surface area contributed by atoms with Crippen LogP contribution in [0.25, 0.3) is 0 Å². The first-order valence-electron chi connectivity index (χ1n) is 7.81. The smallest absolute Gasteiger partial charge is 0.746 e. The Bertz CT molecular complexity index is 1140.